The number of hydrogen-bond acceptors (Lipinski definition) is 4. The Morgan fingerprint density at radius 3 is 2.29 bits per heavy atom. The van der Waals surface area contributed by atoms with Crippen LogP contribution in [0.15, 0.2) is 11.6 Å². The summed E-state index contributed by atoms with van der Waals surface area (Å²) in [5.41, 5.74) is -1.35. The molecule has 4 saturated carbocycles. The lowest BCUT2D eigenvalue weighted by Crippen LogP contribution is -2.68. The van der Waals surface area contributed by atoms with Gasteiger partial charge < -0.3 is 20.4 Å². The van der Waals surface area contributed by atoms with E-state index >= 15 is 0 Å². The number of aliphatic carboxylic acids is 1. The molecule has 0 aromatic carbocycles. The predicted octanol–water partition coefficient (Wildman–Crippen LogP) is 5.18. The summed E-state index contributed by atoms with van der Waals surface area (Å²) in [5.74, 6) is -0.356. The zero-order valence-corrected chi connectivity index (χ0v) is 22.7. The van der Waals surface area contributed by atoms with Crippen LogP contribution in [-0.2, 0) is 4.79 Å². The van der Waals surface area contributed by atoms with E-state index in [-0.39, 0.29) is 40.6 Å². The fourth-order valence-electron chi connectivity index (χ4n) is 10.9. The second-order valence-corrected chi connectivity index (χ2v) is 14.6. The lowest BCUT2D eigenvalue weighted by Gasteiger charge is -2.71. The number of carbonyl (C=O) groups is 1. The van der Waals surface area contributed by atoms with Crippen molar-refractivity contribution in [2.24, 2.45) is 50.7 Å². The van der Waals surface area contributed by atoms with Crippen molar-refractivity contribution >= 4 is 5.97 Å². The fourth-order valence-corrected chi connectivity index (χ4v) is 10.9. The van der Waals surface area contributed by atoms with Crippen molar-refractivity contribution in [3.63, 3.8) is 0 Å². The van der Waals surface area contributed by atoms with Gasteiger partial charge in [-0.15, -0.1) is 0 Å². The van der Waals surface area contributed by atoms with Gasteiger partial charge >= 0.3 is 5.97 Å². The highest BCUT2D eigenvalue weighted by molar-refractivity contribution is 5.77. The summed E-state index contributed by atoms with van der Waals surface area (Å²) in [7, 11) is 0. The van der Waals surface area contributed by atoms with E-state index in [4.69, 9.17) is 0 Å². The minimum atomic E-state index is -1.04. The predicted molar refractivity (Wildman–Crippen MR) is 135 cm³/mol. The molecule has 2 unspecified atom stereocenters. The molecule has 5 rings (SSSR count). The smallest absolute Gasteiger partial charge is 0.310 e. The molecule has 0 bridgehead atoms. The third-order valence-electron chi connectivity index (χ3n) is 13.6. The van der Waals surface area contributed by atoms with Crippen LogP contribution >= 0.6 is 0 Å². The van der Waals surface area contributed by atoms with Gasteiger partial charge in [0.1, 0.15) is 0 Å². The molecule has 5 nitrogen and oxygen atoms in total. The molecule has 0 saturated heterocycles. The van der Waals surface area contributed by atoms with E-state index in [1.54, 1.807) is 0 Å². The highest BCUT2D eigenvalue weighted by Crippen LogP contribution is 2.76. The minimum Gasteiger partial charge on any atom is -0.481 e. The number of allylic oxidation sites excluding steroid dienone is 1. The SMILES string of the molecule is CC1CC[C@]2(C(=O)O)CC[C@]3(C)C(=CC[C@@H]4[C@@]5(C)CCC(O)[C@@](C)(CO)[C@@H]5CC[C@]43C)[C@@H]2[C@]1(C)O. The fraction of sp³-hybridized carbons (Fsp3) is 0.900. The Hall–Kier alpha value is -0.910. The average molecular weight is 489 g/mol. The zero-order valence-electron chi connectivity index (χ0n) is 22.7. The second kappa shape index (κ2) is 7.57. The molecule has 5 aliphatic carbocycles. The van der Waals surface area contributed by atoms with E-state index in [9.17, 15) is 25.2 Å². The quantitative estimate of drug-likeness (QED) is 0.402. The van der Waals surface area contributed by atoms with Crippen LogP contribution in [0.1, 0.15) is 99.3 Å². The van der Waals surface area contributed by atoms with Crippen LogP contribution in [0.25, 0.3) is 0 Å². The maximum atomic E-state index is 12.8. The maximum absolute atomic E-state index is 12.8. The van der Waals surface area contributed by atoms with Crippen LogP contribution < -0.4 is 0 Å². The molecule has 0 aliphatic heterocycles. The molecule has 11 atom stereocenters. The molecular formula is C30H48O5. The van der Waals surface area contributed by atoms with E-state index in [1.807, 2.05) is 6.92 Å². The number of carboxylic acids is 1. The number of aliphatic hydroxyl groups is 3. The number of aliphatic hydroxyl groups excluding tert-OH is 2. The third kappa shape index (κ3) is 2.90. The summed E-state index contributed by atoms with van der Waals surface area (Å²) in [4.78, 5) is 12.8. The first-order chi connectivity index (χ1) is 16.1. The molecule has 35 heavy (non-hydrogen) atoms. The van der Waals surface area contributed by atoms with Crippen molar-refractivity contribution in [1.29, 1.82) is 0 Å². The van der Waals surface area contributed by atoms with Gasteiger partial charge in [0, 0.05) is 11.3 Å². The van der Waals surface area contributed by atoms with Crippen LogP contribution in [0.5, 0.6) is 0 Å². The summed E-state index contributed by atoms with van der Waals surface area (Å²) in [5, 5.41) is 43.8. The van der Waals surface area contributed by atoms with Gasteiger partial charge in [-0.25, -0.2) is 0 Å². The van der Waals surface area contributed by atoms with Gasteiger partial charge in [-0.05, 0) is 98.7 Å². The molecule has 0 aromatic heterocycles. The Kier molecular flexibility index (Phi) is 5.56. The first kappa shape index (κ1) is 25.7. The Balaban J connectivity index is 1.64. The summed E-state index contributed by atoms with van der Waals surface area (Å²) in [6.07, 6.45) is 9.32. The van der Waals surface area contributed by atoms with Gasteiger partial charge in [0.15, 0.2) is 0 Å². The Morgan fingerprint density at radius 2 is 1.66 bits per heavy atom. The molecule has 5 heteroatoms. The molecular weight excluding hydrogens is 440 g/mol. The third-order valence-corrected chi connectivity index (χ3v) is 13.6. The first-order valence-corrected chi connectivity index (χ1v) is 14.1. The maximum Gasteiger partial charge on any atom is 0.310 e. The van der Waals surface area contributed by atoms with E-state index < -0.39 is 28.5 Å². The Morgan fingerprint density at radius 1 is 0.971 bits per heavy atom. The number of carboxylic acid groups (broad SMARTS) is 1. The molecule has 0 aromatic rings. The lowest BCUT2D eigenvalue weighted by molar-refractivity contribution is -0.225. The molecule has 5 aliphatic rings. The minimum absolute atomic E-state index is 0.0115. The molecule has 0 spiro atoms. The second-order valence-electron chi connectivity index (χ2n) is 14.6. The standard InChI is InChI=1S/C30H48O5/c1-18-9-14-30(24(33)34)16-15-27(4)19(23(30)29(18,6)35)7-8-21-25(2)12-11-22(32)26(3,17-31)20(25)10-13-28(21,27)5/h7,18,20-23,31-32,35H,8-17H2,1-6H3,(H,33,34)/t18?,20-,21-,22?,23-,25+,26+,27-,28-,29-,30+/m1/s1. The normalized spacial score (nSPS) is 57.7. The van der Waals surface area contributed by atoms with Gasteiger partial charge in [-0.3, -0.25) is 4.79 Å². The van der Waals surface area contributed by atoms with Crippen molar-refractivity contribution in [3.05, 3.63) is 11.6 Å². The highest BCUT2D eigenvalue weighted by atomic mass is 16.4. The topological polar surface area (TPSA) is 98.0 Å². The molecule has 4 N–H and O–H groups in total. The monoisotopic (exact) mass is 488 g/mol. The van der Waals surface area contributed by atoms with Crippen molar-refractivity contribution in [2.75, 3.05) is 6.61 Å². The van der Waals surface area contributed by atoms with Crippen LogP contribution in [0.2, 0.25) is 0 Å². The van der Waals surface area contributed by atoms with Gasteiger partial charge in [0.05, 0.1) is 23.7 Å². The van der Waals surface area contributed by atoms with Gasteiger partial charge in [-0.1, -0.05) is 46.3 Å². The van der Waals surface area contributed by atoms with Gasteiger partial charge in [0.25, 0.3) is 0 Å². The Bertz CT molecular complexity index is 941. The average Bonchev–Trinajstić information content (AvgIpc) is 2.79. The van der Waals surface area contributed by atoms with Crippen LogP contribution in [0.4, 0.5) is 0 Å². The summed E-state index contributed by atoms with van der Waals surface area (Å²) < 4.78 is 0. The molecule has 0 radical (unpaired) electrons. The van der Waals surface area contributed by atoms with E-state index in [1.165, 1.54) is 5.57 Å². The number of hydrogen-bond donors (Lipinski definition) is 4. The van der Waals surface area contributed by atoms with Crippen LogP contribution in [0.3, 0.4) is 0 Å². The molecule has 4 fully saturated rings. The molecule has 0 heterocycles. The van der Waals surface area contributed by atoms with E-state index in [0.29, 0.717) is 18.8 Å². The van der Waals surface area contributed by atoms with Crippen LogP contribution in [-0.4, -0.2) is 44.7 Å². The largest absolute Gasteiger partial charge is 0.481 e. The lowest BCUT2D eigenvalue weighted by atomic mass is 9.33. The van der Waals surface area contributed by atoms with Crippen molar-refractivity contribution in [3.8, 4) is 0 Å². The Labute approximate surface area is 211 Å². The van der Waals surface area contributed by atoms with E-state index in [0.717, 1.165) is 44.9 Å². The van der Waals surface area contributed by atoms with Crippen molar-refractivity contribution in [1.82, 2.24) is 0 Å². The molecule has 0 amide bonds. The summed E-state index contributed by atoms with van der Waals surface area (Å²) >= 11 is 0. The molecule has 198 valence electrons. The zero-order chi connectivity index (χ0) is 25.8. The van der Waals surface area contributed by atoms with Crippen LogP contribution in [0, 0.1) is 50.7 Å². The number of fused-ring (bicyclic) bond motifs is 7. The number of rotatable bonds is 2. The van der Waals surface area contributed by atoms with Crippen molar-refractivity contribution < 1.29 is 25.2 Å². The summed E-state index contributed by atoms with van der Waals surface area (Å²) in [6, 6.07) is 0. The summed E-state index contributed by atoms with van der Waals surface area (Å²) in [6.45, 7) is 13.3. The van der Waals surface area contributed by atoms with E-state index in [2.05, 4.69) is 40.7 Å². The van der Waals surface area contributed by atoms with Crippen molar-refractivity contribution in [2.45, 2.75) is 111 Å². The van der Waals surface area contributed by atoms with Gasteiger partial charge in [0.2, 0.25) is 0 Å². The van der Waals surface area contributed by atoms with Gasteiger partial charge in [-0.2, -0.15) is 0 Å². The highest BCUT2D eigenvalue weighted by Gasteiger charge is 2.71. The first-order valence-electron chi connectivity index (χ1n) is 14.1.